The van der Waals surface area contributed by atoms with E-state index in [1.807, 2.05) is 0 Å². The summed E-state index contributed by atoms with van der Waals surface area (Å²) in [5.74, 6) is -0.221. The van der Waals surface area contributed by atoms with E-state index in [4.69, 9.17) is 14.8 Å². The van der Waals surface area contributed by atoms with Crippen molar-refractivity contribution in [3.05, 3.63) is 85.1 Å². The fourth-order valence-corrected chi connectivity index (χ4v) is 7.59. The molecule has 0 heterocycles. The normalized spacial score (nSPS) is 14.6. The number of aliphatic hydroxyl groups is 1. The van der Waals surface area contributed by atoms with Gasteiger partial charge in [0.25, 0.3) is 0 Å². The lowest BCUT2D eigenvalue weighted by molar-refractivity contribution is -0.123. The van der Waals surface area contributed by atoms with Gasteiger partial charge in [-0.3, -0.25) is 13.8 Å². The van der Waals surface area contributed by atoms with Gasteiger partial charge >= 0.3 is 7.82 Å². The predicted octanol–water partition coefficient (Wildman–Crippen LogP) is 14.6. The minimum atomic E-state index is -4.34. The van der Waals surface area contributed by atoms with Crippen molar-refractivity contribution in [2.24, 2.45) is 5.73 Å². The zero-order chi connectivity index (χ0) is 44.6. The van der Waals surface area contributed by atoms with Gasteiger partial charge in [0.1, 0.15) is 0 Å². The van der Waals surface area contributed by atoms with Gasteiger partial charge in [-0.15, -0.1) is 0 Å². The maximum absolute atomic E-state index is 12.8. The van der Waals surface area contributed by atoms with E-state index in [2.05, 4.69) is 104 Å². The Balaban J connectivity index is 4.22. The van der Waals surface area contributed by atoms with Gasteiger partial charge in [-0.05, 0) is 64.2 Å². The van der Waals surface area contributed by atoms with Gasteiger partial charge in [-0.25, -0.2) is 4.57 Å². The van der Waals surface area contributed by atoms with Crippen LogP contribution >= 0.6 is 7.82 Å². The molecular formula is C52H93N2O6P. The molecule has 0 aliphatic carbocycles. The summed E-state index contributed by atoms with van der Waals surface area (Å²) < 4.78 is 22.2. The number of carbonyl (C=O) groups excluding carboxylic acids is 1. The SMILES string of the molecule is CC/C=C\C/C=C\C/C=C\C/C=C\C/C=C\C/C=C\C/C=C\CCCC(=O)NC(COP(=O)(O)OCCN)C(O)CCCCCCCCCCCCCCCCCCCCC. The first-order chi connectivity index (χ1) is 29.9. The molecule has 1 amide bonds. The first-order valence-corrected chi connectivity index (χ1v) is 26.2. The van der Waals surface area contributed by atoms with Gasteiger partial charge in [0.15, 0.2) is 0 Å². The predicted molar refractivity (Wildman–Crippen MR) is 263 cm³/mol. The molecule has 0 aromatic carbocycles. The summed E-state index contributed by atoms with van der Waals surface area (Å²) >= 11 is 0. The summed E-state index contributed by atoms with van der Waals surface area (Å²) in [4.78, 5) is 22.8. The molecule has 0 spiro atoms. The lowest BCUT2D eigenvalue weighted by atomic mass is 10.0. The average molecular weight is 873 g/mol. The van der Waals surface area contributed by atoms with Crippen LogP contribution in [-0.2, 0) is 18.4 Å². The standard InChI is InChI=1S/C52H93N2O6P/c1-3-5-7-9-11-13-15-17-19-21-23-24-25-26-28-30-32-34-36-38-40-42-44-46-52(56)54-50(49-60-61(57,58)59-48-47-53)51(55)45-43-41-39-37-35-33-31-29-27-22-20-18-16-14-12-10-8-6-4-2/h5,7,11,13,17,19,23-24,26,28,32,34,38,40,50-51,55H,3-4,6,8-10,12,14-16,18,20-22,25,27,29-31,33,35-37,39,41-49,53H2,1-2H3,(H,54,56)(H,57,58)/b7-5-,13-11-,19-17-,24-23-,28-26-,34-32-,40-38-. The van der Waals surface area contributed by atoms with Gasteiger partial charge in [0, 0.05) is 13.0 Å². The number of nitrogens with two attached hydrogens (primary N) is 1. The van der Waals surface area contributed by atoms with Crippen LogP contribution < -0.4 is 11.1 Å². The van der Waals surface area contributed by atoms with Crippen molar-refractivity contribution in [1.29, 1.82) is 0 Å². The molecule has 0 aromatic rings. The maximum Gasteiger partial charge on any atom is 0.472 e. The molecule has 0 fully saturated rings. The summed E-state index contributed by atoms with van der Waals surface area (Å²) in [6.07, 6.45) is 63.2. The molecule has 0 saturated heterocycles. The largest absolute Gasteiger partial charge is 0.472 e. The molecule has 0 saturated carbocycles. The topological polar surface area (TPSA) is 131 Å². The second kappa shape index (κ2) is 47.2. The van der Waals surface area contributed by atoms with E-state index in [9.17, 15) is 19.4 Å². The number of unbranched alkanes of at least 4 members (excludes halogenated alkanes) is 19. The minimum absolute atomic E-state index is 0.0753. The van der Waals surface area contributed by atoms with Crippen molar-refractivity contribution in [2.75, 3.05) is 19.8 Å². The van der Waals surface area contributed by atoms with E-state index >= 15 is 0 Å². The molecule has 0 radical (unpaired) electrons. The highest BCUT2D eigenvalue weighted by atomic mass is 31.2. The molecule has 0 rings (SSSR count). The summed E-state index contributed by atoms with van der Waals surface area (Å²) in [5, 5.41) is 13.8. The number of carbonyl (C=O) groups is 1. The molecule has 61 heavy (non-hydrogen) atoms. The monoisotopic (exact) mass is 873 g/mol. The van der Waals surface area contributed by atoms with Crippen LogP contribution in [0.2, 0.25) is 0 Å². The molecular weight excluding hydrogens is 780 g/mol. The third-order valence-electron chi connectivity index (χ3n) is 10.5. The fourth-order valence-electron chi connectivity index (χ4n) is 6.83. The highest BCUT2D eigenvalue weighted by molar-refractivity contribution is 7.47. The molecule has 9 heteroatoms. The van der Waals surface area contributed by atoms with E-state index in [1.165, 1.54) is 103 Å². The van der Waals surface area contributed by atoms with E-state index in [0.717, 1.165) is 70.6 Å². The first kappa shape index (κ1) is 58.7. The summed E-state index contributed by atoms with van der Waals surface area (Å²) in [6, 6.07) is -0.811. The molecule has 8 nitrogen and oxygen atoms in total. The van der Waals surface area contributed by atoms with Gasteiger partial charge in [-0.2, -0.15) is 0 Å². The number of nitrogens with one attached hydrogen (secondary N) is 1. The van der Waals surface area contributed by atoms with Crippen LogP contribution in [0.4, 0.5) is 0 Å². The van der Waals surface area contributed by atoms with Crippen molar-refractivity contribution < 1.29 is 28.4 Å². The van der Waals surface area contributed by atoms with Crippen molar-refractivity contribution in [2.45, 2.75) is 219 Å². The number of phosphoric ester groups is 1. The van der Waals surface area contributed by atoms with Crippen LogP contribution in [-0.4, -0.2) is 47.8 Å². The zero-order valence-corrected chi connectivity index (χ0v) is 40.0. The van der Waals surface area contributed by atoms with Crippen molar-refractivity contribution in [3.63, 3.8) is 0 Å². The molecule has 0 aliphatic heterocycles. The molecule has 3 unspecified atom stereocenters. The Bertz CT molecular complexity index is 1230. The van der Waals surface area contributed by atoms with Crippen molar-refractivity contribution >= 4 is 13.7 Å². The van der Waals surface area contributed by atoms with Gasteiger partial charge in [-0.1, -0.05) is 221 Å². The molecule has 0 aliphatic rings. The van der Waals surface area contributed by atoms with Crippen LogP contribution in [0.15, 0.2) is 85.1 Å². The van der Waals surface area contributed by atoms with Crippen LogP contribution in [0.1, 0.15) is 206 Å². The van der Waals surface area contributed by atoms with Gasteiger partial charge in [0.05, 0.1) is 25.4 Å². The number of rotatable bonds is 45. The highest BCUT2D eigenvalue weighted by Crippen LogP contribution is 2.43. The van der Waals surface area contributed by atoms with E-state index in [1.54, 1.807) is 0 Å². The molecule has 0 bridgehead atoms. The molecule has 5 N–H and O–H groups in total. The highest BCUT2D eigenvalue weighted by Gasteiger charge is 2.27. The number of hydrogen-bond donors (Lipinski definition) is 4. The third-order valence-corrected chi connectivity index (χ3v) is 11.5. The Labute approximate surface area is 375 Å². The van der Waals surface area contributed by atoms with E-state index in [0.29, 0.717) is 12.8 Å². The smallest absolute Gasteiger partial charge is 0.391 e. The fraction of sp³-hybridized carbons (Fsp3) is 0.712. The number of hydrogen-bond acceptors (Lipinski definition) is 6. The maximum atomic E-state index is 12.8. The van der Waals surface area contributed by atoms with E-state index < -0.39 is 20.0 Å². The summed E-state index contributed by atoms with van der Waals surface area (Å²) in [6.45, 7) is 4.05. The number of aliphatic hydroxyl groups excluding tert-OH is 1. The zero-order valence-electron chi connectivity index (χ0n) is 39.1. The van der Waals surface area contributed by atoms with Gasteiger partial charge in [0.2, 0.25) is 5.91 Å². The minimum Gasteiger partial charge on any atom is -0.391 e. The second-order valence-electron chi connectivity index (χ2n) is 16.3. The van der Waals surface area contributed by atoms with E-state index in [-0.39, 0.29) is 32.1 Å². The Hall–Kier alpha value is -2.32. The number of allylic oxidation sites excluding steroid dienone is 14. The average Bonchev–Trinajstić information content (AvgIpc) is 3.25. The number of amides is 1. The lowest BCUT2D eigenvalue weighted by Gasteiger charge is -2.25. The Morgan fingerprint density at radius 1 is 0.557 bits per heavy atom. The van der Waals surface area contributed by atoms with Gasteiger partial charge < -0.3 is 21.1 Å². The van der Waals surface area contributed by atoms with Crippen LogP contribution in [0.3, 0.4) is 0 Å². The van der Waals surface area contributed by atoms with Crippen LogP contribution in [0.25, 0.3) is 0 Å². The molecule has 352 valence electrons. The second-order valence-corrected chi connectivity index (χ2v) is 17.7. The molecule has 3 atom stereocenters. The Morgan fingerprint density at radius 2 is 0.934 bits per heavy atom. The Morgan fingerprint density at radius 3 is 1.33 bits per heavy atom. The van der Waals surface area contributed by atoms with Crippen LogP contribution in [0.5, 0.6) is 0 Å². The summed E-state index contributed by atoms with van der Waals surface area (Å²) in [7, 11) is -4.34. The third kappa shape index (κ3) is 45.5. The number of phosphoric acid groups is 1. The Kier molecular flexibility index (Phi) is 45.4. The van der Waals surface area contributed by atoms with Crippen molar-refractivity contribution in [1.82, 2.24) is 5.32 Å². The lowest BCUT2D eigenvalue weighted by Crippen LogP contribution is -2.46. The van der Waals surface area contributed by atoms with Crippen molar-refractivity contribution in [3.8, 4) is 0 Å². The first-order valence-electron chi connectivity index (χ1n) is 24.7. The molecule has 0 aromatic heterocycles. The van der Waals surface area contributed by atoms with Crippen LogP contribution in [0, 0.1) is 0 Å². The summed E-state index contributed by atoms with van der Waals surface area (Å²) in [5.41, 5.74) is 5.39. The quantitative estimate of drug-likeness (QED) is 0.0272.